The van der Waals surface area contributed by atoms with Crippen LogP contribution in [0.25, 0.3) is 38.4 Å². The molecule has 0 spiro atoms. The summed E-state index contributed by atoms with van der Waals surface area (Å²) >= 11 is 0. The molecule has 0 radical (unpaired) electrons. The molecule has 0 unspecified atom stereocenters. The molecule has 0 atom stereocenters. The molecule has 0 aliphatic heterocycles. The first-order valence-electron chi connectivity index (χ1n) is 12.3. The van der Waals surface area contributed by atoms with E-state index in [2.05, 4.69) is 64.0 Å². The standard InChI is InChI=1S/C33H23N2OP/c36-37(25-12-3-1-4-13-25,26-14-5-2-6-15-26)27-16-9-11-24(23-27)28-19-10-20-31-32(28)29-17-7-8-18-30(29)33-34-21-22-35(31)33/h1-23H. The van der Waals surface area contributed by atoms with Gasteiger partial charge in [-0.05, 0) is 28.6 Å². The minimum Gasteiger partial charge on any atom is -0.309 e. The Labute approximate surface area is 215 Å². The zero-order valence-corrected chi connectivity index (χ0v) is 20.9. The minimum absolute atomic E-state index is 0.826. The van der Waals surface area contributed by atoms with Crippen LogP contribution in [0.5, 0.6) is 0 Å². The minimum atomic E-state index is -3.08. The quantitative estimate of drug-likeness (QED) is 0.196. The highest BCUT2D eigenvalue weighted by molar-refractivity contribution is 7.85. The zero-order chi connectivity index (χ0) is 24.8. The van der Waals surface area contributed by atoms with E-state index in [4.69, 9.17) is 0 Å². The number of rotatable bonds is 4. The van der Waals surface area contributed by atoms with E-state index in [1.54, 1.807) is 0 Å². The molecule has 0 aliphatic rings. The average Bonchev–Trinajstić information content (AvgIpc) is 3.48. The summed E-state index contributed by atoms with van der Waals surface area (Å²) in [5.41, 5.74) is 4.20. The van der Waals surface area contributed by atoms with E-state index in [0.29, 0.717) is 0 Å². The molecule has 176 valence electrons. The Morgan fingerprint density at radius 1 is 0.595 bits per heavy atom. The van der Waals surface area contributed by atoms with Gasteiger partial charge in [-0.3, -0.25) is 4.40 Å². The maximum atomic E-state index is 15.0. The van der Waals surface area contributed by atoms with Gasteiger partial charge >= 0.3 is 0 Å². The van der Waals surface area contributed by atoms with Crippen molar-refractivity contribution in [2.24, 2.45) is 0 Å². The van der Waals surface area contributed by atoms with Crippen LogP contribution >= 0.6 is 7.14 Å². The third-order valence-corrected chi connectivity index (χ3v) is 10.2. The SMILES string of the molecule is O=P(c1ccccc1)(c1ccccc1)c1cccc(-c2cccc3c2c2ccccc2c2nccn32)c1. The fraction of sp³-hybridized carbons (Fsp3) is 0. The highest BCUT2D eigenvalue weighted by atomic mass is 31.2. The molecule has 4 heteroatoms. The highest BCUT2D eigenvalue weighted by Crippen LogP contribution is 2.44. The van der Waals surface area contributed by atoms with Gasteiger partial charge in [0.25, 0.3) is 0 Å². The highest BCUT2D eigenvalue weighted by Gasteiger charge is 2.30. The van der Waals surface area contributed by atoms with Gasteiger partial charge in [0.05, 0.1) is 5.52 Å². The summed E-state index contributed by atoms with van der Waals surface area (Å²) in [6, 6.07) is 42.7. The van der Waals surface area contributed by atoms with Crippen LogP contribution in [0.4, 0.5) is 0 Å². The molecule has 0 saturated heterocycles. The Bertz CT molecular complexity index is 1920. The molecule has 7 rings (SSSR count). The number of hydrogen-bond acceptors (Lipinski definition) is 2. The maximum absolute atomic E-state index is 15.0. The van der Waals surface area contributed by atoms with E-state index < -0.39 is 7.14 Å². The normalized spacial score (nSPS) is 11.9. The number of imidazole rings is 1. The summed E-state index contributed by atoms with van der Waals surface area (Å²) < 4.78 is 17.2. The monoisotopic (exact) mass is 494 g/mol. The van der Waals surface area contributed by atoms with Gasteiger partial charge in [-0.2, -0.15) is 0 Å². The summed E-state index contributed by atoms with van der Waals surface area (Å²) in [4.78, 5) is 4.64. The predicted molar refractivity (Wildman–Crippen MR) is 155 cm³/mol. The third-order valence-electron chi connectivity index (χ3n) is 7.14. The van der Waals surface area contributed by atoms with Crippen LogP contribution in [0.2, 0.25) is 0 Å². The number of pyridine rings is 1. The fourth-order valence-electron chi connectivity index (χ4n) is 5.45. The van der Waals surface area contributed by atoms with Crippen LogP contribution in [0.3, 0.4) is 0 Å². The van der Waals surface area contributed by atoms with Gasteiger partial charge in [0, 0.05) is 39.1 Å². The first-order valence-corrected chi connectivity index (χ1v) is 14.0. The van der Waals surface area contributed by atoms with Gasteiger partial charge in [-0.15, -0.1) is 0 Å². The van der Waals surface area contributed by atoms with Crippen molar-refractivity contribution in [2.75, 3.05) is 0 Å². The maximum Gasteiger partial charge on any atom is 0.171 e. The van der Waals surface area contributed by atoms with Crippen LogP contribution in [-0.4, -0.2) is 9.38 Å². The molecule has 0 saturated carbocycles. The van der Waals surface area contributed by atoms with Crippen molar-refractivity contribution < 1.29 is 4.57 Å². The molecule has 0 amide bonds. The van der Waals surface area contributed by atoms with Crippen molar-refractivity contribution in [3.8, 4) is 11.1 Å². The Morgan fingerprint density at radius 2 is 1.22 bits per heavy atom. The van der Waals surface area contributed by atoms with Crippen molar-refractivity contribution in [1.82, 2.24) is 9.38 Å². The molecule has 7 aromatic rings. The molecule has 0 fully saturated rings. The summed E-state index contributed by atoms with van der Waals surface area (Å²) in [7, 11) is -3.08. The van der Waals surface area contributed by atoms with Crippen molar-refractivity contribution in [1.29, 1.82) is 0 Å². The second-order valence-corrected chi connectivity index (χ2v) is 12.0. The Morgan fingerprint density at radius 3 is 1.95 bits per heavy atom. The number of nitrogens with zero attached hydrogens (tertiary/aromatic N) is 2. The third kappa shape index (κ3) is 3.36. The summed E-state index contributed by atoms with van der Waals surface area (Å²) in [6.45, 7) is 0. The Balaban J connectivity index is 1.52. The molecule has 2 aromatic heterocycles. The lowest BCUT2D eigenvalue weighted by atomic mass is 9.96. The van der Waals surface area contributed by atoms with E-state index in [9.17, 15) is 0 Å². The molecule has 5 aromatic carbocycles. The topological polar surface area (TPSA) is 34.4 Å². The number of aromatic nitrogens is 2. The van der Waals surface area contributed by atoms with Gasteiger partial charge < -0.3 is 4.57 Å². The van der Waals surface area contributed by atoms with E-state index in [0.717, 1.165) is 54.4 Å². The van der Waals surface area contributed by atoms with Crippen molar-refractivity contribution in [3.05, 3.63) is 140 Å². The molecule has 0 N–H and O–H groups in total. The molecule has 0 bridgehead atoms. The first kappa shape index (κ1) is 21.8. The van der Waals surface area contributed by atoms with E-state index >= 15 is 4.57 Å². The lowest BCUT2D eigenvalue weighted by Gasteiger charge is -2.21. The number of hydrogen-bond donors (Lipinski definition) is 0. The second-order valence-electron chi connectivity index (χ2n) is 9.20. The molecule has 37 heavy (non-hydrogen) atoms. The van der Waals surface area contributed by atoms with Gasteiger partial charge in [-0.1, -0.05) is 115 Å². The van der Waals surface area contributed by atoms with Crippen molar-refractivity contribution in [3.63, 3.8) is 0 Å². The van der Waals surface area contributed by atoms with Crippen molar-refractivity contribution >= 4 is 50.4 Å². The van der Waals surface area contributed by atoms with Gasteiger partial charge in [0.2, 0.25) is 0 Å². The van der Waals surface area contributed by atoms with Crippen LogP contribution < -0.4 is 15.9 Å². The number of benzene rings is 5. The molecule has 2 heterocycles. The van der Waals surface area contributed by atoms with Crippen molar-refractivity contribution in [2.45, 2.75) is 0 Å². The lowest BCUT2D eigenvalue weighted by Crippen LogP contribution is -2.25. The first-order chi connectivity index (χ1) is 18.2. The zero-order valence-electron chi connectivity index (χ0n) is 20.0. The molecule has 0 aliphatic carbocycles. The predicted octanol–water partition coefficient (Wildman–Crippen LogP) is 6.95. The van der Waals surface area contributed by atoms with Gasteiger partial charge in [0.1, 0.15) is 5.65 Å². The van der Waals surface area contributed by atoms with E-state index in [-0.39, 0.29) is 0 Å². The van der Waals surface area contributed by atoms with Crippen LogP contribution in [-0.2, 0) is 4.57 Å². The fourth-order valence-corrected chi connectivity index (χ4v) is 8.15. The van der Waals surface area contributed by atoms with Gasteiger partial charge in [-0.25, -0.2) is 4.98 Å². The summed E-state index contributed by atoms with van der Waals surface area (Å²) in [5, 5.41) is 5.93. The molecular formula is C33H23N2OP. The largest absolute Gasteiger partial charge is 0.309 e. The Kier molecular flexibility index (Phi) is 5.06. The van der Waals surface area contributed by atoms with E-state index in [1.807, 2.05) is 85.2 Å². The van der Waals surface area contributed by atoms with Gasteiger partial charge in [0.15, 0.2) is 7.14 Å². The summed E-state index contributed by atoms with van der Waals surface area (Å²) in [6.07, 6.45) is 3.87. The van der Waals surface area contributed by atoms with E-state index in [1.165, 1.54) is 0 Å². The van der Waals surface area contributed by atoms with Crippen LogP contribution in [0.15, 0.2) is 140 Å². The lowest BCUT2D eigenvalue weighted by molar-refractivity contribution is 0.592. The molecular weight excluding hydrogens is 471 g/mol. The van der Waals surface area contributed by atoms with Crippen LogP contribution in [0.1, 0.15) is 0 Å². The Hall–Kier alpha value is -4.46. The molecule has 3 nitrogen and oxygen atoms in total. The second kappa shape index (κ2) is 8.58. The number of fused-ring (bicyclic) bond motifs is 6. The van der Waals surface area contributed by atoms with Crippen LogP contribution in [0, 0.1) is 0 Å². The average molecular weight is 495 g/mol. The smallest absolute Gasteiger partial charge is 0.171 e. The summed E-state index contributed by atoms with van der Waals surface area (Å²) in [5.74, 6) is 0.